The van der Waals surface area contributed by atoms with E-state index in [9.17, 15) is 9.59 Å². The number of amides is 2. The predicted octanol–water partition coefficient (Wildman–Crippen LogP) is 0.674. The number of hydrogen-bond acceptors (Lipinski definition) is 6. The maximum absolute atomic E-state index is 11.9. The van der Waals surface area contributed by atoms with Crippen LogP contribution in [0.1, 0.15) is 11.1 Å². The van der Waals surface area contributed by atoms with Crippen LogP contribution < -0.4 is 10.6 Å². The first kappa shape index (κ1) is 16.9. The summed E-state index contributed by atoms with van der Waals surface area (Å²) in [5.41, 5.74) is 2.86. The maximum atomic E-state index is 11.9. The van der Waals surface area contributed by atoms with Gasteiger partial charge in [-0.1, -0.05) is 23.9 Å². The molecule has 2 amide bonds. The van der Waals surface area contributed by atoms with E-state index in [1.165, 1.54) is 16.4 Å². The van der Waals surface area contributed by atoms with Crippen molar-refractivity contribution in [3.05, 3.63) is 29.3 Å². The minimum absolute atomic E-state index is 0.0795. The fourth-order valence-corrected chi connectivity index (χ4v) is 2.46. The standard InChI is InChI=1S/C14H18N6O2S/c1-9-5-4-6-11(10(9)2)16-12(21)7-15-13(22)8-23-14-17-18-19-20(14)3/h4-6H,7-8H2,1-3H3,(H,15,22)(H,16,21). The Morgan fingerprint density at radius 1 is 1.26 bits per heavy atom. The second-order valence-corrected chi connectivity index (χ2v) is 5.89. The second kappa shape index (κ2) is 7.73. The number of aryl methyl sites for hydroxylation is 2. The highest BCUT2D eigenvalue weighted by molar-refractivity contribution is 7.99. The Labute approximate surface area is 138 Å². The van der Waals surface area contributed by atoms with E-state index in [0.29, 0.717) is 5.16 Å². The fourth-order valence-electron chi connectivity index (χ4n) is 1.78. The molecular formula is C14H18N6O2S. The lowest BCUT2D eigenvalue weighted by molar-refractivity contribution is -0.122. The molecule has 0 aliphatic rings. The SMILES string of the molecule is Cc1cccc(NC(=O)CNC(=O)CSc2nnnn2C)c1C. The van der Waals surface area contributed by atoms with E-state index in [1.54, 1.807) is 7.05 Å². The van der Waals surface area contributed by atoms with Crippen LogP contribution in [0.4, 0.5) is 5.69 Å². The molecule has 1 aromatic heterocycles. The van der Waals surface area contributed by atoms with Gasteiger partial charge in [0.25, 0.3) is 0 Å². The number of anilines is 1. The molecule has 0 unspecified atom stereocenters. The van der Waals surface area contributed by atoms with Gasteiger partial charge in [0.15, 0.2) is 0 Å². The Morgan fingerprint density at radius 2 is 2.04 bits per heavy atom. The highest BCUT2D eigenvalue weighted by Gasteiger charge is 2.10. The van der Waals surface area contributed by atoms with E-state index < -0.39 is 0 Å². The van der Waals surface area contributed by atoms with Gasteiger partial charge in [0.05, 0.1) is 12.3 Å². The van der Waals surface area contributed by atoms with E-state index in [4.69, 9.17) is 0 Å². The highest BCUT2D eigenvalue weighted by Crippen LogP contribution is 2.17. The number of aromatic nitrogens is 4. The maximum Gasteiger partial charge on any atom is 0.243 e. The number of rotatable bonds is 6. The van der Waals surface area contributed by atoms with Crippen molar-refractivity contribution in [3.8, 4) is 0 Å². The molecule has 2 N–H and O–H groups in total. The molecule has 0 aliphatic carbocycles. The van der Waals surface area contributed by atoms with Crippen molar-refractivity contribution in [2.45, 2.75) is 19.0 Å². The molecule has 0 aliphatic heterocycles. The number of hydrogen-bond donors (Lipinski definition) is 2. The summed E-state index contributed by atoms with van der Waals surface area (Å²) in [5, 5.41) is 16.8. The lowest BCUT2D eigenvalue weighted by Crippen LogP contribution is -2.34. The van der Waals surface area contributed by atoms with Crippen molar-refractivity contribution in [1.82, 2.24) is 25.5 Å². The zero-order valence-electron chi connectivity index (χ0n) is 13.2. The molecule has 0 atom stereocenters. The number of carbonyl (C=O) groups is 2. The molecule has 0 fully saturated rings. The normalized spacial score (nSPS) is 10.4. The van der Waals surface area contributed by atoms with Gasteiger partial charge in [-0.05, 0) is 41.5 Å². The fraction of sp³-hybridized carbons (Fsp3) is 0.357. The number of tetrazole rings is 1. The van der Waals surface area contributed by atoms with Crippen molar-refractivity contribution >= 4 is 29.3 Å². The minimum Gasteiger partial charge on any atom is -0.346 e. The first-order chi connectivity index (χ1) is 11.0. The van der Waals surface area contributed by atoms with E-state index in [2.05, 4.69) is 26.2 Å². The number of benzene rings is 1. The van der Waals surface area contributed by atoms with Crippen molar-refractivity contribution in [2.24, 2.45) is 7.05 Å². The van der Waals surface area contributed by atoms with E-state index in [0.717, 1.165) is 16.8 Å². The zero-order valence-corrected chi connectivity index (χ0v) is 14.0. The van der Waals surface area contributed by atoms with Gasteiger partial charge in [-0.3, -0.25) is 9.59 Å². The summed E-state index contributed by atoms with van der Waals surface area (Å²) in [4.78, 5) is 23.6. The van der Waals surface area contributed by atoms with Crippen LogP contribution in [0, 0.1) is 13.8 Å². The molecule has 122 valence electrons. The molecular weight excluding hydrogens is 316 g/mol. The van der Waals surface area contributed by atoms with Gasteiger partial charge in [-0.25, -0.2) is 4.68 Å². The van der Waals surface area contributed by atoms with Crippen molar-refractivity contribution in [1.29, 1.82) is 0 Å². The number of nitrogens with zero attached hydrogens (tertiary/aromatic N) is 4. The molecule has 23 heavy (non-hydrogen) atoms. The Kier molecular flexibility index (Phi) is 5.69. The Balaban J connectivity index is 1.76. The van der Waals surface area contributed by atoms with Gasteiger partial charge in [-0.2, -0.15) is 0 Å². The molecule has 9 heteroatoms. The summed E-state index contributed by atoms with van der Waals surface area (Å²) in [6.07, 6.45) is 0. The minimum atomic E-state index is -0.266. The summed E-state index contributed by atoms with van der Waals surface area (Å²) in [5.74, 6) is -0.378. The summed E-state index contributed by atoms with van der Waals surface area (Å²) in [6.45, 7) is 3.84. The van der Waals surface area contributed by atoms with Crippen LogP contribution in [0.25, 0.3) is 0 Å². The third-order valence-electron chi connectivity index (χ3n) is 3.24. The molecule has 0 bridgehead atoms. The Hall–Kier alpha value is -2.42. The largest absolute Gasteiger partial charge is 0.346 e. The average molecular weight is 334 g/mol. The number of nitrogens with one attached hydrogen (secondary N) is 2. The number of carbonyl (C=O) groups excluding carboxylic acids is 2. The van der Waals surface area contributed by atoms with Gasteiger partial charge in [-0.15, -0.1) is 5.10 Å². The highest BCUT2D eigenvalue weighted by atomic mass is 32.2. The molecule has 2 rings (SSSR count). The zero-order chi connectivity index (χ0) is 16.8. The van der Waals surface area contributed by atoms with Gasteiger partial charge < -0.3 is 10.6 Å². The van der Waals surface area contributed by atoms with Crippen LogP contribution in [0.5, 0.6) is 0 Å². The molecule has 8 nitrogen and oxygen atoms in total. The van der Waals surface area contributed by atoms with Crippen LogP contribution in [-0.2, 0) is 16.6 Å². The third-order valence-corrected chi connectivity index (χ3v) is 4.25. The van der Waals surface area contributed by atoms with Gasteiger partial charge in [0.1, 0.15) is 0 Å². The molecule has 0 radical (unpaired) electrons. The lowest BCUT2D eigenvalue weighted by Gasteiger charge is -2.10. The van der Waals surface area contributed by atoms with Crippen LogP contribution >= 0.6 is 11.8 Å². The lowest BCUT2D eigenvalue weighted by atomic mass is 10.1. The molecule has 0 saturated carbocycles. The van der Waals surface area contributed by atoms with Crippen LogP contribution in [-0.4, -0.2) is 44.3 Å². The Bertz CT molecular complexity index is 715. The second-order valence-electron chi connectivity index (χ2n) is 4.95. The quantitative estimate of drug-likeness (QED) is 0.753. The summed E-state index contributed by atoms with van der Waals surface area (Å²) in [7, 11) is 1.69. The van der Waals surface area contributed by atoms with Crippen molar-refractivity contribution in [2.75, 3.05) is 17.6 Å². The van der Waals surface area contributed by atoms with Crippen LogP contribution in [0.15, 0.2) is 23.4 Å². The van der Waals surface area contributed by atoms with Crippen molar-refractivity contribution < 1.29 is 9.59 Å². The molecule has 0 spiro atoms. The molecule has 2 aromatic rings. The molecule has 1 aromatic carbocycles. The predicted molar refractivity (Wildman–Crippen MR) is 87.1 cm³/mol. The number of thioether (sulfide) groups is 1. The molecule has 1 heterocycles. The summed E-state index contributed by atoms with van der Waals surface area (Å²) >= 11 is 1.20. The monoisotopic (exact) mass is 334 g/mol. The molecule has 0 saturated heterocycles. The first-order valence-electron chi connectivity index (χ1n) is 6.95. The van der Waals surface area contributed by atoms with Crippen molar-refractivity contribution in [3.63, 3.8) is 0 Å². The van der Waals surface area contributed by atoms with E-state index in [-0.39, 0.29) is 24.1 Å². The van der Waals surface area contributed by atoms with Crippen LogP contribution in [0.2, 0.25) is 0 Å². The van der Waals surface area contributed by atoms with Gasteiger partial charge in [0, 0.05) is 12.7 Å². The first-order valence-corrected chi connectivity index (χ1v) is 7.94. The Morgan fingerprint density at radius 3 is 2.74 bits per heavy atom. The smallest absolute Gasteiger partial charge is 0.243 e. The van der Waals surface area contributed by atoms with Gasteiger partial charge >= 0.3 is 0 Å². The topological polar surface area (TPSA) is 102 Å². The third kappa shape index (κ3) is 4.78. The van der Waals surface area contributed by atoms with E-state index >= 15 is 0 Å². The van der Waals surface area contributed by atoms with Gasteiger partial charge in [0.2, 0.25) is 17.0 Å². The summed E-state index contributed by atoms with van der Waals surface area (Å²) in [6, 6.07) is 5.69. The summed E-state index contributed by atoms with van der Waals surface area (Å²) < 4.78 is 1.48. The average Bonchev–Trinajstić information content (AvgIpc) is 2.93. The van der Waals surface area contributed by atoms with Crippen LogP contribution in [0.3, 0.4) is 0 Å². The van der Waals surface area contributed by atoms with E-state index in [1.807, 2.05) is 32.0 Å².